The molecule has 0 bridgehead atoms. The smallest absolute Gasteiger partial charge is 0.320 e. The molecule has 2 aliphatic rings. The van der Waals surface area contributed by atoms with Crippen molar-refractivity contribution in [3.63, 3.8) is 0 Å². The van der Waals surface area contributed by atoms with Crippen LogP contribution in [-0.2, 0) is 16.6 Å². The van der Waals surface area contributed by atoms with Gasteiger partial charge in [-0.15, -0.1) is 0 Å². The van der Waals surface area contributed by atoms with E-state index in [1.165, 1.54) is 5.56 Å². The van der Waals surface area contributed by atoms with Gasteiger partial charge in [0.2, 0.25) is 10.0 Å². The molecule has 2 fully saturated rings. The van der Waals surface area contributed by atoms with Crippen LogP contribution >= 0.6 is 0 Å². The molecule has 2 aromatic carbocycles. The molecular weight excluding hydrogens is 410 g/mol. The first-order valence-corrected chi connectivity index (χ1v) is 12.4. The molecular formula is C24H31N3O3S. The molecule has 0 spiro atoms. The average molecular weight is 442 g/mol. The molecule has 0 aliphatic carbocycles. The van der Waals surface area contributed by atoms with Crippen molar-refractivity contribution < 1.29 is 13.2 Å². The zero-order valence-electron chi connectivity index (χ0n) is 18.5. The minimum absolute atomic E-state index is 0.0658. The molecule has 2 saturated heterocycles. The van der Waals surface area contributed by atoms with Crippen LogP contribution in [0, 0.1) is 20.8 Å². The number of nitrogens with zero attached hydrogens (tertiary/aromatic N) is 3. The van der Waals surface area contributed by atoms with Gasteiger partial charge >= 0.3 is 6.03 Å². The Morgan fingerprint density at radius 1 is 0.871 bits per heavy atom. The van der Waals surface area contributed by atoms with Crippen LogP contribution in [0.4, 0.5) is 4.79 Å². The first kappa shape index (κ1) is 21.8. The van der Waals surface area contributed by atoms with Crippen molar-refractivity contribution in [3.8, 4) is 0 Å². The third-order valence-corrected chi connectivity index (χ3v) is 8.50. The van der Waals surface area contributed by atoms with Crippen molar-refractivity contribution in [2.24, 2.45) is 0 Å². The number of amides is 2. The topological polar surface area (TPSA) is 60.9 Å². The Balaban J connectivity index is 1.37. The van der Waals surface area contributed by atoms with E-state index in [9.17, 15) is 13.2 Å². The van der Waals surface area contributed by atoms with Crippen LogP contribution in [0.5, 0.6) is 0 Å². The fourth-order valence-corrected chi connectivity index (χ4v) is 5.97. The monoisotopic (exact) mass is 441 g/mol. The number of carbonyl (C=O) groups is 1. The Morgan fingerprint density at radius 2 is 1.55 bits per heavy atom. The molecule has 0 N–H and O–H groups in total. The molecule has 4 rings (SSSR count). The maximum Gasteiger partial charge on any atom is 0.320 e. The molecule has 0 saturated carbocycles. The van der Waals surface area contributed by atoms with Crippen LogP contribution in [0.15, 0.2) is 47.4 Å². The highest BCUT2D eigenvalue weighted by atomic mass is 32.2. The number of rotatable bonds is 5. The van der Waals surface area contributed by atoms with Gasteiger partial charge in [0.25, 0.3) is 0 Å². The first-order chi connectivity index (χ1) is 14.8. The Labute approximate surface area is 185 Å². The fraction of sp³-hybridized carbons (Fsp3) is 0.458. The third-order valence-electron chi connectivity index (χ3n) is 6.60. The largest absolute Gasteiger partial charge is 0.320 e. The fourth-order valence-electron chi connectivity index (χ4n) is 4.42. The molecule has 0 radical (unpaired) electrons. The lowest BCUT2D eigenvalue weighted by Crippen LogP contribution is -2.47. The summed E-state index contributed by atoms with van der Waals surface area (Å²) < 4.78 is 27.7. The second-order valence-electron chi connectivity index (χ2n) is 8.76. The number of hydrogen-bond acceptors (Lipinski definition) is 3. The van der Waals surface area contributed by atoms with E-state index >= 15 is 0 Å². The van der Waals surface area contributed by atoms with Gasteiger partial charge in [-0.3, -0.25) is 0 Å². The van der Waals surface area contributed by atoms with Crippen LogP contribution in [0.25, 0.3) is 0 Å². The normalized spacial score (nSPS) is 18.7. The maximum atomic E-state index is 13.1. The molecule has 166 valence electrons. The zero-order valence-corrected chi connectivity index (χ0v) is 19.4. The third kappa shape index (κ3) is 4.48. The molecule has 6 nitrogen and oxygen atoms in total. The zero-order chi connectivity index (χ0) is 22.2. The number of hydrogen-bond donors (Lipinski definition) is 0. The molecule has 0 unspecified atom stereocenters. The highest BCUT2D eigenvalue weighted by Crippen LogP contribution is 2.27. The number of aryl methyl sites for hydroxylation is 3. The Bertz CT molecular complexity index is 1060. The minimum Gasteiger partial charge on any atom is -0.320 e. The Kier molecular flexibility index (Phi) is 6.08. The average Bonchev–Trinajstić information content (AvgIpc) is 3.12. The number of urea groups is 1. The molecule has 0 aromatic heterocycles. The molecule has 2 heterocycles. The van der Waals surface area contributed by atoms with E-state index < -0.39 is 10.0 Å². The Morgan fingerprint density at radius 3 is 2.19 bits per heavy atom. The standard InChI is InChI=1S/C24H31N3O3S/c1-18-4-7-21(8-5-18)17-25-14-15-27(24(25)28)22-10-12-26(13-11-22)31(29,30)23-9-6-19(2)20(3)16-23/h4-9,16,22H,10-15,17H2,1-3H3. The number of carbonyl (C=O) groups excluding carboxylic acids is 1. The van der Waals surface area contributed by atoms with E-state index in [0.29, 0.717) is 50.5 Å². The second kappa shape index (κ2) is 8.63. The van der Waals surface area contributed by atoms with Crippen molar-refractivity contribution in [3.05, 3.63) is 64.7 Å². The lowest BCUT2D eigenvalue weighted by atomic mass is 10.1. The van der Waals surface area contributed by atoms with Crippen LogP contribution in [0.2, 0.25) is 0 Å². The van der Waals surface area contributed by atoms with Gasteiger partial charge in [0.1, 0.15) is 0 Å². The summed E-state index contributed by atoms with van der Waals surface area (Å²) in [6.07, 6.45) is 1.35. The van der Waals surface area contributed by atoms with Gasteiger partial charge < -0.3 is 9.80 Å². The van der Waals surface area contributed by atoms with Crippen LogP contribution < -0.4 is 0 Å². The van der Waals surface area contributed by atoms with E-state index in [4.69, 9.17) is 0 Å². The van der Waals surface area contributed by atoms with E-state index in [-0.39, 0.29) is 12.1 Å². The van der Waals surface area contributed by atoms with Crippen LogP contribution in [0.1, 0.15) is 35.1 Å². The number of benzene rings is 2. The van der Waals surface area contributed by atoms with Gasteiger partial charge in [0.15, 0.2) is 0 Å². The van der Waals surface area contributed by atoms with Gasteiger partial charge in [-0.2, -0.15) is 4.31 Å². The van der Waals surface area contributed by atoms with E-state index in [1.807, 2.05) is 29.7 Å². The summed E-state index contributed by atoms with van der Waals surface area (Å²) in [6.45, 7) is 8.90. The van der Waals surface area contributed by atoms with Crippen LogP contribution in [0.3, 0.4) is 0 Å². The molecule has 31 heavy (non-hydrogen) atoms. The lowest BCUT2D eigenvalue weighted by molar-refractivity contribution is 0.153. The second-order valence-corrected chi connectivity index (χ2v) is 10.7. The van der Waals surface area contributed by atoms with Gasteiger partial charge in [0, 0.05) is 38.8 Å². The lowest BCUT2D eigenvalue weighted by Gasteiger charge is -2.36. The minimum atomic E-state index is -3.50. The molecule has 7 heteroatoms. The first-order valence-electron chi connectivity index (χ1n) is 10.9. The van der Waals surface area contributed by atoms with Crippen molar-refractivity contribution in [1.29, 1.82) is 0 Å². The van der Waals surface area contributed by atoms with E-state index in [2.05, 4.69) is 31.2 Å². The summed E-state index contributed by atoms with van der Waals surface area (Å²) in [5.41, 5.74) is 4.41. The van der Waals surface area contributed by atoms with Crippen molar-refractivity contribution in [2.75, 3.05) is 26.2 Å². The maximum absolute atomic E-state index is 13.1. The van der Waals surface area contributed by atoms with E-state index in [0.717, 1.165) is 16.7 Å². The highest BCUT2D eigenvalue weighted by Gasteiger charge is 2.37. The summed E-state index contributed by atoms with van der Waals surface area (Å²) in [5.74, 6) is 0. The predicted molar refractivity (Wildman–Crippen MR) is 121 cm³/mol. The molecule has 2 aliphatic heterocycles. The summed E-state index contributed by atoms with van der Waals surface area (Å²) in [4.78, 5) is 17.2. The van der Waals surface area contributed by atoms with Crippen LogP contribution in [-0.4, -0.2) is 60.8 Å². The van der Waals surface area contributed by atoms with Gasteiger partial charge in [-0.25, -0.2) is 13.2 Å². The molecule has 0 atom stereocenters. The van der Waals surface area contributed by atoms with Crippen molar-refractivity contribution >= 4 is 16.1 Å². The van der Waals surface area contributed by atoms with Gasteiger partial charge in [-0.1, -0.05) is 35.9 Å². The molecule has 2 amide bonds. The summed E-state index contributed by atoms with van der Waals surface area (Å²) >= 11 is 0. The summed E-state index contributed by atoms with van der Waals surface area (Å²) in [5, 5.41) is 0. The van der Waals surface area contributed by atoms with Crippen molar-refractivity contribution in [1.82, 2.24) is 14.1 Å². The summed E-state index contributed by atoms with van der Waals surface area (Å²) in [7, 11) is -3.50. The highest BCUT2D eigenvalue weighted by molar-refractivity contribution is 7.89. The molecule has 2 aromatic rings. The quantitative estimate of drug-likeness (QED) is 0.711. The van der Waals surface area contributed by atoms with Gasteiger partial charge in [0.05, 0.1) is 4.90 Å². The number of piperidine rings is 1. The Hall–Kier alpha value is -2.38. The number of sulfonamides is 1. The van der Waals surface area contributed by atoms with Crippen molar-refractivity contribution in [2.45, 2.75) is 51.1 Å². The summed E-state index contributed by atoms with van der Waals surface area (Å²) in [6, 6.07) is 13.8. The van der Waals surface area contributed by atoms with Gasteiger partial charge in [-0.05, 0) is 62.4 Å². The predicted octanol–water partition coefficient (Wildman–Crippen LogP) is 3.70. The SMILES string of the molecule is Cc1ccc(CN2CCN(C3CCN(S(=O)(=O)c4ccc(C)c(C)c4)CC3)C2=O)cc1. The van der Waals surface area contributed by atoms with E-state index in [1.54, 1.807) is 16.4 Å².